The van der Waals surface area contributed by atoms with E-state index in [2.05, 4.69) is 11.9 Å². The Morgan fingerprint density at radius 1 is 1.64 bits per heavy atom. The number of nitrogens with zero attached hydrogens (tertiary/aromatic N) is 1. The lowest BCUT2D eigenvalue weighted by Gasteiger charge is -2.33. The molecule has 0 saturated carbocycles. The Bertz CT molecular complexity index is 208. The van der Waals surface area contributed by atoms with Gasteiger partial charge in [0.05, 0.1) is 0 Å². The van der Waals surface area contributed by atoms with E-state index in [-0.39, 0.29) is 18.2 Å². The van der Waals surface area contributed by atoms with Crippen LogP contribution in [0.15, 0.2) is 12.7 Å². The molecule has 1 aliphatic heterocycles. The Morgan fingerprint density at radius 3 is 2.64 bits per heavy atom. The van der Waals surface area contributed by atoms with Crippen LogP contribution in [0.5, 0.6) is 0 Å². The Morgan fingerprint density at radius 2 is 2.21 bits per heavy atom. The first-order chi connectivity index (χ1) is 6.63. The molecule has 1 heterocycles. The monoisotopic (exact) mass is 198 g/mol. The summed E-state index contributed by atoms with van der Waals surface area (Å²) in [6, 6.07) is 0.232. The van der Waals surface area contributed by atoms with Crippen LogP contribution in [0.3, 0.4) is 0 Å². The number of likely N-dealkylation sites (tertiary alicyclic amines) is 1. The molecule has 0 aromatic carbocycles. The number of aliphatic hydroxyl groups is 1. The summed E-state index contributed by atoms with van der Waals surface area (Å²) in [6.45, 7) is 6.84. The van der Waals surface area contributed by atoms with E-state index >= 15 is 0 Å². The van der Waals surface area contributed by atoms with Crippen molar-refractivity contribution in [1.29, 1.82) is 0 Å². The zero-order valence-corrected chi connectivity index (χ0v) is 8.57. The largest absolute Gasteiger partial charge is 0.379 e. The number of amides is 1. The number of aliphatic hydroxyl groups excluding tert-OH is 1. The fraction of sp³-hybridized carbons (Fsp3) is 0.700. The Labute approximate surface area is 84.6 Å². The van der Waals surface area contributed by atoms with E-state index in [9.17, 15) is 9.90 Å². The van der Waals surface area contributed by atoms with Gasteiger partial charge in [-0.2, -0.15) is 0 Å². The molecular weight excluding hydrogens is 180 g/mol. The lowest BCUT2D eigenvalue weighted by atomic mass is 10.0. The van der Waals surface area contributed by atoms with E-state index in [4.69, 9.17) is 0 Å². The second-order valence-corrected chi connectivity index (χ2v) is 3.65. The molecule has 80 valence electrons. The van der Waals surface area contributed by atoms with Gasteiger partial charge in [-0.25, -0.2) is 0 Å². The average Bonchev–Trinajstić information content (AvgIpc) is 2.18. The van der Waals surface area contributed by atoms with Gasteiger partial charge in [0.2, 0.25) is 5.91 Å². The zero-order valence-electron chi connectivity index (χ0n) is 8.57. The van der Waals surface area contributed by atoms with Crippen LogP contribution < -0.4 is 5.32 Å². The summed E-state index contributed by atoms with van der Waals surface area (Å²) in [6.07, 6.45) is 2.70. The van der Waals surface area contributed by atoms with E-state index in [0.717, 1.165) is 25.9 Å². The van der Waals surface area contributed by atoms with Gasteiger partial charge in [-0.15, -0.1) is 0 Å². The highest BCUT2D eigenvalue weighted by Crippen LogP contribution is 2.11. The molecule has 1 atom stereocenters. The molecule has 1 amide bonds. The molecular formula is C10H18N2O2. The standard InChI is InChI=1S/C10H18N2O2/c1-3-10(14)11-9-4-6-12(7-5-9)8(2)13/h3,8-9,13H,1,4-7H2,2H3,(H,11,14). The van der Waals surface area contributed by atoms with Crippen LogP contribution in [-0.4, -0.2) is 41.3 Å². The van der Waals surface area contributed by atoms with Crippen LogP contribution in [0.25, 0.3) is 0 Å². The summed E-state index contributed by atoms with van der Waals surface area (Å²) in [5, 5.41) is 12.2. The van der Waals surface area contributed by atoms with Gasteiger partial charge < -0.3 is 10.4 Å². The smallest absolute Gasteiger partial charge is 0.243 e. The number of nitrogens with one attached hydrogen (secondary N) is 1. The summed E-state index contributed by atoms with van der Waals surface area (Å²) in [4.78, 5) is 13.0. The van der Waals surface area contributed by atoms with E-state index in [1.165, 1.54) is 6.08 Å². The fourth-order valence-corrected chi connectivity index (χ4v) is 1.68. The third-order valence-corrected chi connectivity index (χ3v) is 2.59. The van der Waals surface area contributed by atoms with Crippen molar-refractivity contribution in [3.05, 3.63) is 12.7 Å². The van der Waals surface area contributed by atoms with Crippen molar-refractivity contribution in [3.8, 4) is 0 Å². The molecule has 1 aliphatic rings. The van der Waals surface area contributed by atoms with Gasteiger partial charge in [-0.1, -0.05) is 6.58 Å². The maximum Gasteiger partial charge on any atom is 0.243 e. The van der Waals surface area contributed by atoms with Gasteiger partial charge in [0.1, 0.15) is 6.23 Å². The SMILES string of the molecule is C=CC(=O)NC1CCN(C(C)O)CC1. The lowest BCUT2D eigenvalue weighted by Crippen LogP contribution is -2.46. The minimum Gasteiger partial charge on any atom is -0.379 e. The molecule has 1 fully saturated rings. The van der Waals surface area contributed by atoms with Crippen molar-refractivity contribution in [2.75, 3.05) is 13.1 Å². The van der Waals surface area contributed by atoms with Crippen molar-refractivity contribution in [2.45, 2.75) is 32.0 Å². The fourth-order valence-electron chi connectivity index (χ4n) is 1.68. The Balaban J connectivity index is 2.28. The number of hydrogen-bond acceptors (Lipinski definition) is 3. The van der Waals surface area contributed by atoms with Crippen LogP contribution in [-0.2, 0) is 4.79 Å². The first kappa shape index (κ1) is 11.2. The first-order valence-electron chi connectivity index (χ1n) is 4.98. The minimum atomic E-state index is -0.383. The minimum absolute atomic E-state index is 0.111. The number of carbonyl (C=O) groups excluding carboxylic acids is 1. The van der Waals surface area contributed by atoms with Gasteiger partial charge in [0.25, 0.3) is 0 Å². The average molecular weight is 198 g/mol. The second-order valence-electron chi connectivity index (χ2n) is 3.65. The van der Waals surface area contributed by atoms with Crippen molar-refractivity contribution in [3.63, 3.8) is 0 Å². The van der Waals surface area contributed by atoms with Gasteiger partial charge in [-0.3, -0.25) is 9.69 Å². The topological polar surface area (TPSA) is 52.6 Å². The number of hydrogen-bond donors (Lipinski definition) is 2. The molecule has 0 radical (unpaired) electrons. The molecule has 4 nitrogen and oxygen atoms in total. The number of piperidine rings is 1. The summed E-state index contributed by atoms with van der Waals surface area (Å²) < 4.78 is 0. The van der Waals surface area contributed by atoms with Crippen molar-refractivity contribution in [1.82, 2.24) is 10.2 Å². The Hall–Kier alpha value is -0.870. The first-order valence-corrected chi connectivity index (χ1v) is 4.98. The molecule has 0 aromatic rings. The van der Waals surface area contributed by atoms with Crippen LogP contribution >= 0.6 is 0 Å². The molecule has 1 saturated heterocycles. The predicted molar refractivity (Wildman–Crippen MR) is 54.6 cm³/mol. The highest BCUT2D eigenvalue weighted by Gasteiger charge is 2.21. The maximum atomic E-state index is 11.0. The predicted octanol–water partition coefficient (Wildman–Crippen LogP) is 0.0913. The highest BCUT2D eigenvalue weighted by molar-refractivity contribution is 5.87. The maximum absolute atomic E-state index is 11.0. The van der Waals surface area contributed by atoms with Crippen LogP contribution in [0, 0.1) is 0 Å². The number of rotatable bonds is 3. The molecule has 1 rings (SSSR count). The highest BCUT2D eigenvalue weighted by atomic mass is 16.3. The van der Waals surface area contributed by atoms with E-state index in [1.807, 2.05) is 4.90 Å². The third-order valence-electron chi connectivity index (χ3n) is 2.59. The van der Waals surface area contributed by atoms with Gasteiger partial charge in [0, 0.05) is 19.1 Å². The summed E-state index contributed by atoms with van der Waals surface area (Å²) in [7, 11) is 0. The molecule has 2 N–H and O–H groups in total. The van der Waals surface area contributed by atoms with Crippen molar-refractivity contribution < 1.29 is 9.90 Å². The summed E-state index contributed by atoms with van der Waals surface area (Å²) in [5.74, 6) is -0.111. The van der Waals surface area contributed by atoms with Crippen LogP contribution in [0.1, 0.15) is 19.8 Å². The summed E-state index contributed by atoms with van der Waals surface area (Å²) >= 11 is 0. The second kappa shape index (κ2) is 5.12. The molecule has 1 unspecified atom stereocenters. The van der Waals surface area contributed by atoms with E-state index in [0.29, 0.717) is 0 Å². The van der Waals surface area contributed by atoms with Crippen molar-refractivity contribution in [2.24, 2.45) is 0 Å². The lowest BCUT2D eigenvalue weighted by molar-refractivity contribution is -0.117. The van der Waals surface area contributed by atoms with Gasteiger partial charge >= 0.3 is 0 Å². The molecule has 14 heavy (non-hydrogen) atoms. The molecule has 4 heteroatoms. The van der Waals surface area contributed by atoms with Gasteiger partial charge in [0.15, 0.2) is 0 Å². The third kappa shape index (κ3) is 3.12. The van der Waals surface area contributed by atoms with E-state index < -0.39 is 0 Å². The molecule has 0 bridgehead atoms. The van der Waals surface area contributed by atoms with Crippen LogP contribution in [0.2, 0.25) is 0 Å². The Kier molecular flexibility index (Phi) is 4.10. The molecule has 0 aromatic heterocycles. The molecule has 0 spiro atoms. The summed E-state index contributed by atoms with van der Waals surface area (Å²) in [5.41, 5.74) is 0. The van der Waals surface area contributed by atoms with Gasteiger partial charge in [-0.05, 0) is 25.8 Å². The molecule has 0 aliphatic carbocycles. The van der Waals surface area contributed by atoms with Crippen molar-refractivity contribution >= 4 is 5.91 Å². The zero-order chi connectivity index (χ0) is 10.6. The van der Waals surface area contributed by atoms with Crippen LogP contribution in [0.4, 0.5) is 0 Å². The number of carbonyl (C=O) groups is 1. The normalized spacial score (nSPS) is 21.6. The van der Waals surface area contributed by atoms with E-state index in [1.54, 1.807) is 6.92 Å². The quantitative estimate of drug-likeness (QED) is 0.632.